The first kappa shape index (κ1) is 11.9. The monoisotopic (exact) mass is 225 g/mol. The van der Waals surface area contributed by atoms with Crippen molar-refractivity contribution in [3.63, 3.8) is 0 Å². The highest BCUT2D eigenvalue weighted by molar-refractivity contribution is 5.76. The number of nitrogens with one attached hydrogen (secondary N) is 1. The first-order valence-electron chi connectivity index (χ1n) is 6.44. The zero-order valence-corrected chi connectivity index (χ0v) is 9.95. The average molecular weight is 225 g/mol. The van der Waals surface area contributed by atoms with Gasteiger partial charge in [-0.25, -0.2) is 0 Å². The molecule has 1 atom stereocenters. The molecule has 1 saturated heterocycles. The van der Waals surface area contributed by atoms with Crippen molar-refractivity contribution in [1.29, 1.82) is 5.41 Å². The van der Waals surface area contributed by atoms with E-state index >= 15 is 0 Å². The highest BCUT2D eigenvalue weighted by Gasteiger charge is 2.30. The molecule has 0 radical (unpaired) electrons. The van der Waals surface area contributed by atoms with Crippen molar-refractivity contribution in [1.82, 2.24) is 4.90 Å². The van der Waals surface area contributed by atoms with E-state index in [4.69, 9.17) is 15.9 Å². The van der Waals surface area contributed by atoms with Gasteiger partial charge in [0.15, 0.2) is 0 Å². The Morgan fingerprint density at radius 2 is 2.12 bits per heavy atom. The molecule has 4 nitrogen and oxygen atoms in total. The standard InChI is InChI=1S/C12H23N3O/c13-12(14)6-7-15(10-4-5-10)9-11-3-1-2-8-16-11/h10-11H,1-9H2,(H3,13,14). The molecule has 92 valence electrons. The number of ether oxygens (including phenoxy) is 1. The van der Waals surface area contributed by atoms with Crippen molar-refractivity contribution in [3.05, 3.63) is 0 Å². The fourth-order valence-corrected chi connectivity index (χ4v) is 2.34. The Labute approximate surface area is 97.6 Å². The van der Waals surface area contributed by atoms with Gasteiger partial charge in [0.05, 0.1) is 11.9 Å². The molecule has 0 spiro atoms. The lowest BCUT2D eigenvalue weighted by Gasteiger charge is -2.29. The topological polar surface area (TPSA) is 62.3 Å². The van der Waals surface area contributed by atoms with E-state index in [1.165, 1.54) is 32.1 Å². The van der Waals surface area contributed by atoms with Gasteiger partial charge in [0.25, 0.3) is 0 Å². The van der Waals surface area contributed by atoms with Gasteiger partial charge in [-0.15, -0.1) is 0 Å². The number of hydrogen-bond donors (Lipinski definition) is 2. The zero-order chi connectivity index (χ0) is 11.4. The van der Waals surface area contributed by atoms with Crippen molar-refractivity contribution in [2.24, 2.45) is 5.73 Å². The van der Waals surface area contributed by atoms with Crippen LogP contribution in [0.5, 0.6) is 0 Å². The summed E-state index contributed by atoms with van der Waals surface area (Å²) in [5.74, 6) is 0.301. The number of amidine groups is 1. The second-order valence-electron chi connectivity index (χ2n) is 4.99. The molecule has 2 aliphatic rings. The molecule has 0 aromatic carbocycles. The minimum absolute atomic E-state index is 0.301. The van der Waals surface area contributed by atoms with Crippen LogP contribution in [0, 0.1) is 5.41 Å². The third-order valence-electron chi connectivity index (χ3n) is 3.44. The lowest BCUT2D eigenvalue weighted by atomic mass is 10.1. The molecule has 0 aromatic rings. The number of hydrogen-bond acceptors (Lipinski definition) is 3. The largest absolute Gasteiger partial charge is 0.388 e. The number of nitrogens with two attached hydrogens (primary N) is 1. The molecule has 2 fully saturated rings. The quantitative estimate of drug-likeness (QED) is 0.530. The minimum Gasteiger partial charge on any atom is -0.388 e. The molecule has 1 unspecified atom stereocenters. The van der Waals surface area contributed by atoms with Crippen molar-refractivity contribution >= 4 is 5.84 Å². The Morgan fingerprint density at radius 1 is 1.31 bits per heavy atom. The SMILES string of the molecule is N=C(N)CCN(CC1CCCCO1)C1CC1. The molecular formula is C12H23N3O. The summed E-state index contributed by atoms with van der Waals surface area (Å²) < 4.78 is 5.77. The molecule has 1 saturated carbocycles. The molecule has 0 aromatic heterocycles. The Kier molecular flexibility index (Phi) is 4.18. The fourth-order valence-electron chi connectivity index (χ4n) is 2.34. The number of rotatable bonds is 6. The van der Waals surface area contributed by atoms with Gasteiger partial charge in [-0.1, -0.05) is 0 Å². The first-order chi connectivity index (χ1) is 7.75. The fraction of sp³-hybridized carbons (Fsp3) is 0.917. The summed E-state index contributed by atoms with van der Waals surface area (Å²) in [6.45, 7) is 2.90. The van der Waals surface area contributed by atoms with Crippen molar-refractivity contribution in [3.8, 4) is 0 Å². The van der Waals surface area contributed by atoms with Crippen LogP contribution in [-0.2, 0) is 4.74 Å². The van der Waals surface area contributed by atoms with Crippen LogP contribution in [0.4, 0.5) is 0 Å². The van der Waals surface area contributed by atoms with E-state index in [0.717, 1.165) is 25.7 Å². The molecule has 4 heteroatoms. The number of nitrogens with zero attached hydrogens (tertiary/aromatic N) is 1. The minimum atomic E-state index is 0.301. The molecular weight excluding hydrogens is 202 g/mol. The molecule has 1 aliphatic carbocycles. The van der Waals surface area contributed by atoms with Gasteiger partial charge in [-0.05, 0) is 32.1 Å². The normalized spacial score (nSPS) is 25.9. The Morgan fingerprint density at radius 3 is 2.69 bits per heavy atom. The molecule has 0 bridgehead atoms. The second-order valence-corrected chi connectivity index (χ2v) is 4.99. The summed E-state index contributed by atoms with van der Waals surface area (Å²) in [6, 6.07) is 0.741. The van der Waals surface area contributed by atoms with Crippen molar-refractivity contribution in [2.75, 3.05) is 19.7 Å². The highest BCUT2D eigenvalue weighted by atomic mass is 16.5. The van der Waals surface area contributed by atoms with Crippen LogP contribution < -0.4 is 5.73 Å². The van der Waals surface area contributed by atoms with Crippen LogP contribution in [0.25, 0.3) is 0 Å². The molecule has 2 rings (SSSR count). The summed E-state index contributed by atoms with van der Waals surface area (Å²) >= 11 is 0. The van der Waals surface area contributed by atoms with Gasteiger partial charge in [0, 0.05) is 32.2 Å². The third-order valence-corrected chi connectivity index (χ3v) is 3.44. The molecule has 0 amide bonds. The van der Waals surface area contributed by atoms with E-state index in [1.54, 1.807) is 0 Å². The predicted molar refractivity (Wildman–Crippen MR) is 64.7 cm³/mol. The first-order valence-corrected chi connectivity index (χ1v) is 6.44. The lowest BCUT2D eigenvalue weighted by molar-refractivity contribution is -0.00679. The van der Waals surface area contributed by atoms with Crippen molar-refractivity contribution in [2.45, 2.75) is 50.7 Å². The van der Waals surface area contributed by atoms with E-state index in [9.17, 15) is 0 Å². The lowest BCUT2D eigenvalue weighted by Crippen LogP contribution is -2.38. The van der Waals surface area contributed by atoms with Gasteiger partial charge in [0.1, 0.15) is 0 Å². The van der Waals surface area contributed by atoms with Crippen LogP contribution in [0.2, 0.25) is 0 Å². The second kappa shape index (κ2) is 5.64. The summed E-state index contributed by atoms with van der Waals surface area (Å²) in [4.78, 5) is 2.47. The van der Waals surface area contributed by atoms with Crippen LogP contribution in [0.15, 0.2) is 0 Å². The van der Waals surface area contributed by atoms with E-state index in [0.29, 0.717) is 18.4 Å². The zero-order valence-electron chi connectivity index (χ0n) is 9.95. The van der Waals surface area contributed by atoms with Gasteiger partial charge in [-0.3, -0.25) is 10.3 Å². The van der Waals surface area contributed by atoms with E-state index in [-0.39, 0.29) is 0 Å². The van der Waals surface area contributed by atoms with Crippen LogP contribution in [0.1, 0.15) is 38.5 Å². The molecule has 16 heavy (non-hydrogen) atoms. The maximum Gasteiger partial charge on any atom is 0.0918 e. The highest BCUT2D eigenvalue weighted by Crippen LogP contribution is 2.28. The maximum absolute atomic E-state index is 7.29. The molecule has 3 N–H and O–H groups in total. The van der Waals surface area contributed by atoms with Crippen LogP contribution >= 0.6 is 0 Å². The Hall–Kier alpha value is -0.610. The summed E-state index contributed by atoms with van der Waals surface area (Å²) in [5, 5.41) is 7.29. The summed E-state index contributed by atoms with van der Waals surface area (Å²) in [6.07, 6.45) is 7.45. The molecule has 1 heterocycles. The van der Waals surface area contributed by atoms with Gasteiger partial charge in [-0.2, -0.15) is 0 Å². The van der Waals surface area contributed by atoms with Crippen LogP contribution in [0.3, 0.4) is 0 Å². The van der Waals surface area contributed by atoms with Gasteiger partial charge in [0.2, 0.25) is 0 Å². The Balaban J connectivity index is 1.75. The maximum atomic E-state index is 7.29. The predicted octanol–water partition coefficient (Wildman–Crippen LogP) is 1.35. The third kappa shape index (κ3) is 3.76. The van der Waals surface area contributed by atoms with E-state index in [2.05, 4.69) is 4.90 Å². The van der Waals surface area contributed by atoms with Crippen LogP contribution in [-0.4, -0.2) is 42.6 Å². The summed E-state index contributed by atoms with van der Waals surface area (Å²) in [5.41, 5.74) is 5.42. The van der Waals surface area contributed by atoms with E-state index in [1.807, 2.05) is 0 Å². The van der Waals surface area contributed by atoms with E-state index < -0.39 is 0 Å². The van der Waals surface area contributed by atoms with Gasteiger partial charge >= 0.3 is 0 Å². The average Bonchev–Trinajstić information content (AvgIpc) is 3.09. The summed E-state index contributed by atoms with van der Waals surface area (Å²) in [7, 11) is 0. The smallest absolute Gasteiger partial charge is 0.0918 e. The van der Waals surface area contributed by atoms with Crippen molar-refractivity contribution < 1.29 is 4.74 Å². The molecule has 1 aliphatic heterocycles. The van der Waals surface area contributed by atoms with Gasteiger partial charge < -0.3 is 10.5 Å². The Bertz CT molecular complexity index is 234.